The Kier molecular flexibility index (Phi) is 3.93. The van der Waals surface area contributed by atoms with Gasteiger partial charge in [-0.3, -0.25) is 4.98 Å². The molecule has 1 unspecified atom stereocenters. The van der Waals surface area contributed by atoms with Gasteiger partial charge in [0.1, 0.15) is 23.9 Å². The summed E-state index contributed by atoms with van der Waals surface area (Å²) >= 11 is 0. The maximum absolute atomic E-state index is 12.3. The quantitative estimate of drug-likeness (QED) is 0.815. The Morgan fingerprint density at radius 2 is 2.00 bits per heavy atom. The molecule has 0 bridgehead atoms. The van der Waals surface area contributed by atoms with E-state index in [1.54, 1.807) is 28.8 Å². The van der Waals surface area contributed by atoms with Crippen molar-refractivity contribution in [2.24, 2.45) is 0 Å². The lowest BCUT2D eigenvalue weighted by Crippen LogP contribution is -2.33. The third-order valence-corrected chi connectivity index (χ3v) is 6.67. The summed E-state index contributed by atoms with van der Waals surface area (Å²) in [5.74, 6) is 0.617. The van der Waals surface area contributed by atoms with Gasteiger partial charge >= 0.3 is 0 Å². The van der Waals surface area contributed by atoms with Crippen molar-refractivity contribution in [3.05, 3.63) is 36.9 Å². The zero-order chi connectivity index (χ0) is 16.6. The van der Waals surface area contributed by atoms with Crippen LogP contribution in [0.2, 0.25) is 0 Å². The van der Waals surface area contributed by atoms with Gasteiger partial charge in [0.2, 0.25) is 10.0 Å². The molecule has 0 radical (unpaired) electrons. The highest BCUT2D eigenvalue weighted by Crippen LogP contribution is 2.34. The van der Waals surface area contributed by atoms with Gasteiger partial charge in [0.25, 0.3) is 0 Å². The molecule has 0 amide bonds. The van der Waals surface area contributed by atoms with Crippen molar-refractivity contribution in [2.75, 3.05) is 13.1 Å². The average Bonchev–Trinajstić information content (AvgIpc) is 3.37. The molecule has 7 nitrogen and oxygen atoms in total. The number of aromatic nitrogens is 3. The highest BCUT2D eigenvalue weighted by Gasteiger charge is 2.43. The molecule has 8 heteroatoms. The summed E-state index contributed by atoms with van der Waals surface area (Å²) in [6.07, 6.45) is 6.89. The first-order chi connectivity index (χ1) is 11.6. The lowest BCUT2D eigenvalue weighted by atomic mass is 10.2. The molecule has 2 aromatic rings. The first kappa shape index (κ1) is 15.5. The van der Waals surface area contributed by atoms with Crippen LogP contribution < -0.4 is 4.74 Å². The average molecular weight is 346 g/mol. The van der Waals surface area contributed by atoms with Gasteiger partial charge in [-0.25, -0.2) is 18.4 Å². The number of ether oxygens (including phenoxy) is 1. The second-order valence-electron chi connectivity index (χ2n) is 6.08. The van der Waals surface area contributed by atoms with E-state index < -0.39 is 10.0 Å². The van der Waals surface area contributed by atoms with Crippen LogP contribution in [0.25, 0.3) is 11.4 Å². The van der Waals surface area contributed by atoms with Crippen molar-refractivity contribution < 1.29 is 13.2 Å². The third-order valence-electron chi connectivity index (χ3n) is 4.30. The van der Waals surface area contributed by atoms with Gasteiger partial charge in [-0.15, -0.1) is 0 Å². The molecule has 1 saturated heterocycles. The highest BCUT2D eigenvalue weighted by atomic mass is 32.2. The topological polar surface area (TPSA) is 85.3 Å². The molecule has 3 heterocycles. The summed E-state index contributed by atoms with van der Waals surface area (Å²) in [7, 11) is -3.14. The number of pyridine rings is 1. The number of hydrogen-bond acceptors (Lipinski definition) is 6. The molecule has 126 valence electrons. The van der Waals surface area contributed by atoms with E-state index in [-0.39, 0.29) is 11.4 Å². The number of rotatable bonds is 5. The molecule has 0 N–H and O–H groups in total. The minimum Gasteiger partial charge on any atom is -0.487 e. The minimum absolute atomic E-state index is 0.164. The van der Waals surface area contributed by atoms with E-state index in [0.717, 1.165) is 12.8 Å². The molecule has 1 saturated carbocycles. The predicted molar refractivity (Wildman–Crippen MR) is 87.8 cm³/mol. The van der Waals surface area contributed by atoms with Crippen molar-refractivity contribution in [2.45, 2.75) is 30.6 Å². The smallest absolute Gasteiger partial charge is 0.217 e. The van der Waals surface area contributed by atoms with E-state index in [1.807, 2.05) is 6.07 Å². The number of hydrogen-bond donors (Lipinski definition) is 0. The molecule has 4 rings (SSSR count). The van der Waals surface area contributed by atoms with E-state index >= 15 is 0 Å². The number of sulfonamides is 1. The van der Waals surface area contributed by atoms with Gasteiger partial charge in [-0.2, -0.15) is 4.31 Å². The maximum atomic E-state index is 12.3. The highest BCUT2D eigenvalue weighted by molar-refractivity contribution is 7.90. The van der Waals surface area contributed by atoms with Crippen LogP contribution in [0.4, 0.5) is 0 Å². The Morgan fingerprint density at radius 3 is 2.75 bits per heavy atom. The first-order valence-electron chi connectivity index (χ1n) is 8.01. The molecule has 2 aromatic heterocycles. The van der Waals surface area contributed by atoms with E-state index in [9.17, 15) is 8.42 Å². The molecular weight excluding hydrogens is 328 g/mol. The fraction of sp³-hybridized carbons (Fsp3) is 0.438. The minimum atomic E-state index is -3.14. The summed E-state index contributed by atoms with van der Waals surface area (Å²) in [6, 6.07) is 5.41. The van der Waals surface area contributed by atoms with Gasteiger partial charge in [-0.05, 0) is 37.5 Å². The Balaban J connectivity index is 1.51. The monoisotopic (exact) mass is 346 g/mol. The van der Waals surface area contributed by atoms with Gasteiger partial charge in [0.15, 0.2) is 0 Å². The largest absolute Gasteiger partial charge is 0.487 e. The second-order valence-corrected chi connectivity index (χ2v) is 8.29. The molecule has 0 spiro atoms. The van der Waals surface area contributed by atoms with Crippen LogP contribution in [0.5, 0.6) is 5.75 Å². The van der Waals surface area contributed by atoms with Crippen molar-refractivity contribution in [1.29, 1.82) is 0 Å². The van der Waals surface area contributed by atoms with E-state index in [2.05, 4.69) is 15.0 Å². The predicted octanol–water partition coefficient (Wildman–Crippen LogP) is 1.48. The fourth-order valence-electron chi connectivity index (χ4n) is 2.89. The van der Waals surface area contributed by atoms with Gasteiger partial charge in [0.05, 0.1) is 17.5 Å². The Labute approximate surface area is 140 Å². The summed E-state index contributed by atoms with van der Waals surface area (Å²) in [5.41, 5.74) is 1.32. The molecule has 2 fully saturated rings. The number of nitrogens with zero attached hydrogens (tertiary/aromatic N) is 4. The lowest BCUT2D eigenvalue weighted by molar-refractivity contribution is 0.215. The van der Waals surface area contributed by atoms with Crippen LogP contribution in [0.15, 0.2) is 36.9 Å². The Hall–Kier alpha value is -2.06. The zero-order valence-corrected chi connectivity index (χ0v) is 13.9. The van der Waals surface area contributed by atoms with Gasteiger partial charge in [-0.1, -0.05) is 0 Å². The Bertz CT molecular complexity index is 824. The lowest BCUT2D eigenvalue weighted by Gasteiger charge is -2.18. The van der Waals surface area contributed by atoms with Crippen molar-refractivity contribution in [3.63, 3.8) is 0 Å². The summed E-state index contributed by atoms with van der Waals surface area (Å²) in [5, 5.41) is -0.175. The SMILES string of the molecule is O=S(=O)(C1CC1)N1CCC(Oc2cccnc2-c2ccncn2)C1. The maximum Gasteiger partial charge on any atom is 0.217 e. The third kappa shape index (κ3) is 2.99. The van der Waals surface area contributed by atoms with Crippen molar-refractivity contribution in [1.82, 2.24) is 19.3 Å². The van der Waals surface area contributed by atoms with Gasteiger partial charge in [0, 0.05) is 18.9 Å². The molecular formula is C16H18N4O3S. The van der Waals surface area contributed by atoms with Crippen LogP contribution in [0.1, 0.15) is 19.3 Å². The standard InChI is InChI=1S/C16H18N4O3S/c21-24(22,13-3-4-13)20-9-6-12(10-20)23-15-2-1-7-18-16(15)14-5-8-17-11-19-14/h1-2,5,7-8,11-13H,3-4,6,9-10H2. The molecule has 1 atom stereocenters. The van der Waals surface area contributed by atoms with Crippen LogP contribution in [-0.2, 0) is 10.0 Å². The zero-order valence-electron chi connectivity index (χ0n) is 13.1. The van der Waals surface area contributed by atoms with Crippen LogP contribution >= 0.6 is 0 Å². The summed E-state index contributed by atoms with van der Waals surface area (Å²) in [4.78, 5) is 12.5. The molecule has 1 aliphatic heterocycles. The van der Waals surface area contributed by atoms with Crippen LogP contribution in [0, 0.1) is 0 Å². The van der Waals surface area contributed by atoms with E-state index in [1.165, 1.54) is 6.33 Å². The fourth-order valence-corrected chi connectivity index (χ4v) is 4.78. The van der Waals surface area contributed by atoms with Gasteiger partial charge < -0.3 is 4.74 Å². The van der Waals surface area contributed by atoms with Crippen molar-refractivity contribution >= 4 is 10.0 Å². The van der Waals surface area contributed by atoms with Crippen LogP contribution in [-0.4, -0.2) is 52.1 Å². The molecule has 1 aliphatic carbocycles. The van der Waals surface area contributed by atoms with Crippen molar-refractivity contribution in [3.8, 4) is 17.1 Å². The molecule has 2 aliphatic rings. The summed E-state index contributed by atoms with van der Waals surface area (Å²) < 4.78 is 32.3. The van der Waals surface area contributed by atoms with Crippen LogP contribution in [0.3, 0.4) is 0 Å². The molecule has 24 heavy (non-hydrogen) atoms. The second kappa shape index (κ2) is 6.10. The molecule has 0 aromatic carbocycles. The summed E-state index contributed by atoms with van der Waals surface area (Å²) in [6.45, 7) is 0.920. The first-order valence-corrected chi connectivity index (χ1v) is 9.52. The van der Waals surface area contributed by atoms with E-state index in [4.69, 9.17) is 4.74 Å². The normalized spacial score (nSPS) is 21.8. The van der Waals surface area contributed by atoms with E-state index in [0.29, 0.717) is 36.6 Å². The Morgan fingerprint density at radius 1 is 1.12 bits per heavy atom.